The molecule has 1 fully saturated rings. The van der Waals surface area contributed by atoms with Crippen LogP contribution in [-0.2, 0) is 6.54 Å². The van der Waals surface area contributed by atoms with Crippen molar-refractivity contribution in [2.75, 3.05) is 13.1 Å². The predicted octanol–water partition coefficient (Wildman–Crippen LogP) is 2.65. The van der Waals surface area contributed by atoms with E-state index in [1.54, 1.807) is 16.7 Å². The largest absolute Gasteiger partial charge is 0.507 e. The van der Waals surface area contributed by atoms with Crippen LogP contribution in [0.2, 0.25) is 0 Å². The molecule has 2 aromatic rings. The number of nitrogens with one attached hydrogen (secondary N) is 1. The third kappa shape index (κ3) is 3.48. The van der Waals surface area contributed by atoms with Crippen molar-refractivity contribution in [2.24, 2.45) is 0 Å². The average molecular weight is 358 g/mol. The zero-order valence-electron chi connectivity index (χ0n) is 16.2. The summed E-state index contributed by atoms with van der Waals surface area (Å²) in [5.74, 6) is 0.823. The summed E-state index contributed by atoms with van der Waals surface area (Å²) in [5, 5.41) is 14.0. The predicted molar refractivity (Wildman–Crippen MR) is 105 cm³/mol. The first kappa shape index (κ1) is 18.9. The Balaban J connectivity index is 2.15. The molecule has 1 aromatic heterocycles. The van der Waals surface area contributed by atoms with Crippen LogP contribution >= 0.6 is 0 Å². The van der Waals surface area contributed by atoms with Gasteiger partial charge >= 0.3 is 0 Å². The molecular weight excluding hydrogens is 328 g/mol. The lowest BCUT2D eigenvalue weighted by atomic mass is 10.0. The number of fused-ring (bicyclic) bond motifs is 1. The summed E-state index contributed by atoms with van der Waals surface area (Å²) in [6, 6.07) is 6.02. The summed E-state index contributed by atoms with van der Waals surface area (Å²) in [5.41, 5.74) is 0.426. The lowest BCUT2D eigenvalue weighted by Gasteiger charge is -2.41. The van der Waals surface area contributed by atoms with Crippen LogP contribution in [0.1, 0.15) is 52.4 Å². The lowest BCUT2D eigenvalue weighted by Crippen LogP contribution is -2.55. The van der Waals surface area contributed by atoms with Gasteiger partial charge < -0.3 is 10.4 Å². The van der Waals surface area contributed by atoms with Gasteiger partial charge in [-0.25, -0.2) is 4.98 Å². The van der Waals surface area contributed by atoms with Gasteiger partial charge in [-0.3, -0.25) is 14.3 Å². The van der Waals surface area contributed by atoms with Gasteiger partial charge in [0.15, 0.2) is 0 Å². The van der Waals surface area contributed by atoms with E-state index in [2.05, 4.69) is 31.0 Å². The van der Waals surface area contributed by atoms with E-state index in [9.17, 15) is 9.90 Å². The second-order valence-corrected chi connectivity index (χ2v) is 7.42. The number of hydrogen-bond donors (Lipinski definition) is 2. The number of rotatable bonds is 5. The van der Waals surface area contributed by atoms with Gasteiger partial charge in [0.1, 0.15) is 17.0 Å². The molecule has 6 heteroatoms. The number of benzene rings is 1. The Morgan fingerprint density at radius 1 is 1.27 bits per heavy atom. The summed E-state index contributed by atoms with van der Waals surface area (Å²) >= 11 is 0. The second kappa shape index (κ2) is 7.76. The van der Waals surface area contributed by atoms with Crippen LogP contribution in [0.3, 0.4) is 0 Å². The van der Waals surface area contributed by atoms with Gasteiger partial charge in [-0.1, -0.05) is 19.4 Å². The minimum atomic E-state index is -0.150. The van der Waals surface area contributed by atoms with Crippen molar-refractivity contribution < 1.29 is 5.11 Å². The van der Waals surface area contributed by atoms with Gasteiger partial charge in [-0.05, 0) is 39.3 Å². The van der Waals surface area contributed by atoms with Crippen molar-refractivity contribution in [1.82, 2.24) is 19.8 Å². The van der Waals surface area contributed by atoms with E-state index in [1.807, 2.05) is 13.0 Å². The molecule has 3 rings (SSSR count). The van der Waals surface area contributed by atoms with E-state index < -0.39 is 0 Å². The third-order valence-corrected chi connectivity index (χ3v) is 5.19. The number of phenolic OH excluding ortho intramolecular Hbond substituents is 1. The molecule has 2 heterocycles. The molecule has 1 saturated heterocycles. The van der Waals surface area contributed by atoms with Gasteiger partial charge in [0.05, 0.1) is 11.6 Å². The molecule has 0 aliphatic carbocycles. The van der Waals surface area contributed by atoms with Crippen LogP contribution in [0.25, 0.3) is 10.9 Å². The van der Waals surface area contributed by atoms with Crippen LogP contribution in [0, 0.1) is 0 Å². The molecule has 1 aliphatic rings. The molecule has 0 saturated carbocycles. The summed E-state index contributed by atoms with van der Waals surface area (Å²) in [4.78, 5) is 20.4. The summed E-state index contributed by atoms with van der Waals surface area (Å²) in [6.07, 6.45) is 1.98. The number of hydrogen-bond acceptors (Lipinski definition) is 5. The molecule has 0 radical (unpaired) electrons. The molecule has 0 bridgehead atoms. The molecule has 1 aromatic carbocycles. The first-order valence-electron chi connectivity index (χ1n) is 9.68. The van der Waals surface area contributed by atoms with E-state index in [0.717, 1.165) is 31.8 Å². The maximum atomic E-state index is 13.1. The highest BCUT2D eigenvalue weighted by atomic mass is 16.3. The highest BCUT2D eigenvalue weighted by Crippen LogP contribution is 2.28. The first-order valence-corrected chi connectivity index (χ1v) is 9.68. The van der Waals surface area contributed by atoms with Crippen molar-refractivity contribution in [3.8, 4) is 5.75 Å². The zero-order valence-corrected chi connectivity index (χ0v) is 16.2. The van der Waals surface area contributed by atoms with Gasteiger partial charge in [-0.15, -0.1) is 0 Å². The van der Waals surface area contributed by atoms with Gasteiger partial charge in [0.25, 0.3) is 5.56 Å². The van der Waals surface area contributed by atoms with Crippen molar-refractivity contribution in [1.29, 1.82) is 0 Å². The van der Waals surface area contributed by atoms with Crippen molar-refractivity contribution in [3.05, 3.63) is 34.4 Å². The maximum absolute atomic E-state index is 13.1. The quantitative estimate of drug-likeness (QED) is 0.860. The van der Waals surface area contributed by atoms with Crippen LogP contribution in [0.4, 0.5) is 0 Å². The Morgan fingerprint density at radius 3 is 2.58 bits per heavy atom. The first-order chi connectivity index (χ1) is 12.5. The normalized spacial score (nSPS) is 22.6. The van der Waals surface area contributed by atoms with Gasteiger partial charge in [0, 0.05) is 31.7 Å². The molecule has 2 N–H and O–H groups in total. The Morgan fingerprint density at radius 2 is 1.96 bits per heavy atom. The van der Waals surface area contributed by atoms with Gasteiger partial charge in [0.2, 0.25) is 0 Å². The number of aromatic nitrogens is 2. The van der Waals surface area contributed by atoms with Crippen molar-refractivity contribution in [2.45, 2.75) is 65.2 Å². The lowest BCUT2D eigenvalue weighted by molar-refractivity contribution is 0.109. The second-order valence-electron chi connectivity index (χ2n) is 7.42. The summed E-state index contributed by atoms with van der Waals surface area (Å²) in [6.45, 7) is 10.9. The Bertz CT molecular complexity index is 822. The fourth-order valence-electron chi connectivity index (χ4n) is 4.20. The number of piperazine rings is 1. The molecule has 1 aliphatic heterocycles. The van der Waals surface area contributed by atoms with Crippen LogP contribution in [-0.4, -0.2) is 44.7 Å². The molecule has 6 nitrogen and oxygen atoms in total. The Hall–Kier alpha value is -1.92. The minimum Gasteiger partial charge on any atom is -0.507 e. The monoisotopic (exact) mass is 358 g/mol. The van der Waals surface area contributed by atoms with Crippen LogP contribution in [0.15, 0.2) is 23.0 Å². The molecule has 0 spiro atoms. The van der Waals surface area contributed by atoms with E-state index in [-0.39, 0.29) is 17.4 Å². The fourth-order valence-corrected chi connectivity index (χ4v) is 4.20. The molecular formula is C20H30N4O2. The van der Waals surface area contributed by atoms with E-state index in [0.29, 0.717) is 29.5 Å². The number of aromatic hydroxyl groups is 1. The van der Waals surface area contributed by atoms with Crippen molar-refractivity contribution >= 4 is 10.9 Å². The van der Waals surface area contributed by atoms with Crippen molar-refractivity contribution in [3.63, 3.8) is 0 Å². The Kier molecular flexibility index (Phi) is 5.63. The summed E-state index contributed by atoms with van der Waals surface area (Å²) in [7, 11) is 0. The van der Waals surface area contributed by atoms with E-state index >= 15 is 0 Å². The SMILES string of the molecule is CCCC(c1nc2cccc(O)c2c(=O)n1CC)N1C[C@@H](C)N[C@@H](C)C1. The van der Waals surface area contributed by atoms with Crippen LogP contribution in [0.5, 0.6) is 5.75 Å². The smallest absolute Gasteiger partial charge is 0.265 e. The average Bonchev–Trinajstić information content (AvgIpc) is 2.58. The molecule has 0 amide bonds. The molecule has 142 valence electrons. The van der Waals surface area contributed by atoms with Crippen LogP contribution < -0.4 is 10.9 Å². The molecule has 3 atom stereocenters. The van der Waals surface area contributed by atoms with Gasteiger partial charge in [-0.2, -0.15) is 0 Å². The number of phenols is 1. The fraction of sp³-hybridized carbons (Fsp3) is 0.600. The van der Waals surface area contributed by atoms with E-state index in [1.165, 1.54) is 0 Å². The topological polar surface area (TPSA) is 70.4 Å². The maximum Gasteiger partial charge on any atom is 0.265 e. The highest BCUT2D eigenvalue weighted by Gasteiger charge is 2.30. The third-order valence-electron chi connectivity index (χ3n) is 5.19. The number of nitrogens with zero attached hydrogens (tertiary/aromatic N) is 3. The Labute approximate surface area is 154 Å². The standard InChI is InChI=1S/C20H30N4O2/c1-5-8-16(23-11-13(3)21-14(4)12-23)19-22-15-9-7-10-17(25)18(15)20(26)24(19)6-2/h7,9-10,13-14,16,21,25H,5-6,8,11-12H2,1-4H3/t13-,14+,16?. The highest BCUT2D eigenvalue weighted by molar-refractivity contribution is 5.83. The zero-order chi connectivity index (χ0) is 18.8. The summed E-state index contributed by atoms with van der Waals surface area (Å²) < 4.78 is 1.74. The minimum absolute atomic E-state index is 0.00482. The van der Waals surface area contributed by atoms with E-state index in [4.69, 9.17) is 4.98 Å². The molecule has 1 unspecified atom stereocenters. The molecule has 26 heavy (non-hydrogen) atoms.